The van der Waals surface area contributed by atoms with Crippen molar-refractivity contribution >= 4 is 23.4 Å². The maximum absolute atomic E-state index is 13.8. The van der Waals surface area contributed by atoms with Crippen molar-refractivity contribution in [2.45, 2.75) is 11.8 Å². The molecule has 0 bridgehead atoms. The summed E-state index contributed by atoms with van der Waals surface area (Å²) in [4.78, 5) is 15.4. The standard InChI is InChI=1S/C16H8ClF3N2O2/c17-11-3-4-13-12(8-11)15(16(18,19)20,24-14(23)22-13)6-5-10-2-1-7-21-9-10/h1-4,7-9H,(H,22,23)/t15-/m0/s1. The molecule has 24 heavy (non-hydrogen) atoms. The molecule has 1 N–H and O–H groups in total. The van der Waals surface area contributed by atoms with Crippen molar-refractivity contribution in [1.82, 2.24) is 4.98 Å². The summed E-state index contributed by atoms with van der Waals surface area (Å²) in [6.45, 7) is 0. The van der Waals surface area contributed by atoms with E-state index in [1.807, 2.05) is 5.92 Å². The van der Waals surface area contributed by atoms with Gasteiger partial charge in [-0.3, -0.25) is 10.3 Å². The van der Waals surface area contributed by atoms with E-state index in [2.05, 4.69) is 21.0 Å². The van der Waals surface area contributed by atoms with Gasteiger partial charge in [0.25, 0.3) is 5.60 Å². The normalized spacial score (nSPS) is 19.4. The lowest BCUT2D eigenvalue weighted by molar-refractivity contribution is -0.239. The minimum atomic E-state index is -4.97. The molecular formula is C16H8ClF3N2O2. The molecule has 1 aliphatic heterocycles. The van der Waals surface area contributed by atoms with Gasteiger partial charge >= 0.3 is 12.3 Å². The number of alkyl halides is 3. The summed E-state index contributed by atoms with van der Waals surface area (Å²) >= 11 is 5.81. The van der Waals surface area contributed by atoms with E-state index in [0.29, 0.717) is 0 Å². The van der Waals surface area contributed by atoms with Crippen molar-refractivity contribution in [1.29, 1.82) is 0 Å². The number of halogens is 4. The summed E-state index contributed by atoms with van der Waals surface area (Å²) in [5, 5.41) is 2.27. The SMILES string of the molecule is O=C1Nc2ccc(Cl)cc2[C@@](C#Cc2cccnc2)(C(F)(F)F)O1. The van der Waals surface area contributed by atoms with Gasteiger partial charge < -0.3 is 4.74 Å². The van der Waals surface area contributed by atoms with Crippen LogP contribution in [-0.4, -0.2) is 17.3 Å². The molecule has 0 fully saturated rings. The number of cyclic esters (lactones) is 1. The molecule has 0 unspecified atom stereocenters. The Bertz CT molecular complexity index is 859. The average Bonchev–Trinajstić information content (AvgIpc) is 2.53. The van der Waals surface area contributed by atoms with E-state index >= 15 is 0 Å². The van der Waals surface area contributed by atoms with E-state index in [9.17, 15) is 18.0 Å². The van der Waals surface area contributed by atoms with Gasteiger partial charge in [-0.15, -0.1) is 0 Å². The number of nitrogens with one attached hydrogen (secondary N) is 1. The largest absolute Gasteiger partial charge is 0.445 e. The average molecular weight is 353 g/mol. The van der Waals surface area contributed by atoms with Crippen LogP contribution in [-0.2, 0) is 10.3 Å². The van der Waals surface area contributed by atoms with Gasteiger partial charge in [-0.05, 0) is 36.3 Å². The van der Waals surface area contributed by atoms with Crippen LogP contribution in [0.5, 0.6) is 0 Å². The van der Waals surface area contributed by atoms with Gasteiger partial charge in [0.2, 0.25) is 0 Å². The van der Waals surface area contributed by atoms with Crippen molar-refractivity contribution in [2.75, 3.05) is 5.32 Å². The zero-order valence-electron chi connectivity index (χ0n) is 11.8. The first-order valence-corrected chi connectivity index (χ1v) is 6.99. The third-order valence-corrected chi connectivity index (χ3v) is 3.52. The number of pyridine rings is 1. The van der Waals surface area contributed by atoms with Crippen LogP contribution in [0.15, 0.2) is 42.7 Å². The lowest BCUT2D eigenvalue weighted by Crippen LogP contribution is -2.49. The Morgan fingerprint density at radius 1 is 1.29 bits per heavy atom. The molecule has 1 aromatic carbocycles. The van der Waals surface area contributed by atoms with Gasteiger partial charge in [0.1, 0.15) is 0 Å². The van der Waals surface area contributed by atoms with Crippen LogP contribution >= 0.6 is 11.6 Å². The zero-order valence-corrected chi connectivity index (χ0v) is 12.6. The lowest BCUT2D eigenvalue weighted by Gasteiger charge is -2.35. The van der Waals surface area contributed by atoms with Gasteiger partial charge in [0.15, 0.2) is 0 Å². The molecular weight excluding hydrogens is 345 g/mol. The molecule has 2 heterocycles. The Kier molecular flexibility index (Phi) is 3.85. The Labute approximate surface area is 139 Å². The van der Waals surface area contributed by atoms with Crippen LogP contribution < -0.4 is 5.32 Å². The Morgan fingerprint density at radius 2 is 2.08 bits per heavy atom. The van der Waals surface area contributed by atoms with Crippen molar-refractivity contribution in [3.8, 4) is 11.8 Å². The molecule has 8 heteroatoms. The fourth-order valence-electron chi connectivity index (χ4n) is 2.22. The van der Waals surface area contributed by atoms with Gasteiger partial charge in [-0.2, -0.15) is 13.2 Å². The summed E-state index contributed by atoms with van der Waals surface area (Å²) < 4.78 is 46.1. The molecule has 0 saturated carbocycles. The smallest absolute Gasteiger partial charge is 0.415 e. The maximum Gasteiger partial charge on any atom is 0.445 e. The van der Waals surface area contributed by atoms with Crippen LogP contribution in [0.4, 0.5) is 23.7 Å². The Hall–Kier alpha value is -2.72. The fraction of sp³-hybridized carbons (Fsp3) is 0.125. The number of carbonyl (C=O) groups is 1. The number of carbonyl (C=O) groups excluding carboxylic acids is 1. The van der Waals surface area contributed by atoms with Crippen LogP contribution in [0.25, 0.3) is 0 Å². The highest BCUT2D eigenvalue weighted by Crippen LogP contribution is 2.47. The minimum Gasteiger partial charge on any atom is -0.415 e. The van der Waals surface area contributed by atoms with Gasteiger partial charge in [-0.1, -0.05) is 17.5 Å². The van der Waals surface area contributed by atoms with E-state index < -0.39 is 17.9 Å². The highest BCUT2D eigenvalue weighted by atomic mass is 35.5. The quantitative estimate of drug-likeness (QED) is 0.726. The number of amides is 1. The summed E-state index contributed by atoms with van der Waals surface area (Å²) in [5.74, 6) is 4.41. The van der Waals surface area contributed by atoms with Gasteiger partial charge in [0, 0.05) is 28.5 Å². The predicted octanol–water partition coefficient (Wildman–Crippen LogP) is 4.11. The molecule has 122 valence electrons. The van der Waals surface area contributed by atoms with Gasteiger partial charge in [-0.25, -0.2) is 4.79 Å². The minimum absolute atomic E-state index is 0.0605. The molecule has 1 aromatic heterocycles. The summed E-state index contributed by atoms with van der Waals surface area (Å²) in [6.07, 6.45) is -3.45. The molecule has 2 aromatic rings. The molecule has 3 rings (SSSR count). The lowest BCUT2D eigenvalue weighted by atomic mass is 9.90. The molecule has 0 spiro atoms. The third-order valence-electron chi connectivity index (χ3n) is 3.29. The maximum atomic E-state index is 13.8. The predicted molar refractivity (Wildman–Crippen MR) is 80.4 cm³/mol. The van der Waals surface area contributed by atoms with E-state index in [4.69, 9.17) is 11.6 Å². The van der Waals surface area contributed by atoms with E-state index in [-0.39, 0.29) is 21.8 Å². The number of hydrogen-bond acceptors (Lipinski definition) is 3. The number of aromatic nitrogens is 1. The monoisotopic (exact) mass is 352 g/mol. The molecule has 0 radical (unpaired) electrons. The highest BCUT2D eigenvalue weighted by molar-refractivity contribution is 6.30. The molecule has 0 aliphatic carbocycles. The first-order chi connectivity index (χ1) is 11.3. The Morgan fingerprint density at radius 3 is 2.75 bits per heavy atom. The van der Waals surface area contributed by atoms with E-state index in [1.165, 1.54) is 36.7 Å². The van der Waals surface area contributed by atoms with E-state index in [1.54, 1.807) is 0 Å². The molecule has 1 amide bonds. The number of fused-ring (bicyclic) bond motifs is 1. The van der Waals surface area contributed by atoms with E-state index in [0.717, 1.165) is 6.07 Å². The Balaban J connectivity index is 2.23. The molecule has 1 atom stereocenters. The van der Waals surface area contributed by atoms with Crippen molar-refractivity contribution in [2.24, 2.45) is 0 Å². The van der Waals surface area contributed by atoms with Crippen molar-refractivity contribution in [3.05, 3.63) is 58.9 Å². The molecule has 4 nitrogen and oxygen atoms in total. The second-order valence-electron chi connectivity index (χ2n) is 4.88. The molecule has 0 saturated heterocycles. The van der Waals surface area contributed by atoms with Gasteiger partial charge in [0.05, 0.1) is 5.69 Å². The topological polar surface area (TPSA) is 51.2 Å². The first-order valence-electron chi connectivity index (χ1n) is 6.62. The number of benzene rings is 1. The fourth-order valence-corrected chi connectivity index (χ4v) is 2.39. The second-order valence-corrected chi connectivity index (χ2v) is 5.31. The molecule has 1 aliphatic rings. The van der Waals surface area contributed by atoms with Crippen LogP contribution in [0.3, 0.4) is 0 Å². The summed E-state index contributed by atoms with van der Waals surface area (Å²) in [7, 11) is 0. The summed E-state index contributed by atoms with van der Waals surface area (Å²) in [5.41, 5.74) is -3.31. The first kappa shape index (κ1) is 16.1. The number of nitrogens with zero attached hydrogens (tertiary/aromatic N) is 1. The number of hydrogen-bond donors (Lipinski definition) is 1. The number of ether oxygens (including phenoxy) is 1. The van der Waals surface area contributed by atoms with Crippen molar-refractivity contribution < 1.29 is 22.7 Å². The second kappa shape index (κ2) is 5.73. The van der Waals surface area contributed by atoms with Crippen LogP contribution in [0.1, 0.15) is 11.1 Å². The third kappa shape index (κ3) is 2.76. The van der Waals surface area contributed by atoms with Crippen molar-refractivity contribution in [3.63, 3.8) is 0 Å². The van der Waals surface area contributed by atoms with Crippen LogP contribution in [0.2, 0.25) is 5.02 Å². The summed E-state index contributed by atoms with van der Waals surface area (Å²) in [6, 6.07) is 6.73. The zero-order chi connectivity index (χ0) is 17.4. The number of anilines is 1. The highest BCUT2D eigenvalue weighted by Gasteiger charge is 2.62. The number of rotatable bonds is 0. The van der Waals surface area contributed by atoms with Crippen LogP contribution in [0, 0.1) is 11.8 Å².